The molecule has 14 heavy (non-hydrogen) atoms. The number of nitrogens with zero attached hydrogens (tertiary/aromatic N) is 1. The van der Waals surface area contributed by atoms with Crippen LogP contribution in [0.4, 0.5) is 0 Å². The number of rotatable bonds is 1. The third kappa shape index (κ3) is 6.96. The second-order valence-corrected chi connectivity index (χ2v) is 5.06. The Morgan fingerprint density at radius 2 is 2.00 bits per heavy atom. The number of hydrogen-bond acceptors (Lipinski definition) is 5. The Morgan fingerprint density at radius 1 is 1.57 bits per heavy atom. The van der Waals surface area contributed by atoms with Gasteiger partial charge in [-0.3, -0.25) is 4.55 Å². The van der Waals surface area contributed by atoms with E-state index >= 15 is 0 Å². The molecule has 1 heterocycles. The predicted molar refractivity (Wildman–Crippen MR) is 55.0 cm³/mol. The molecule has 0 saturated carbocycles. The molecule has 5 nitrogen and oxygen atoms in total. The molecule has 1 rings (SSSR count). The summed E-state index contributed by atoms with van der Waals surface area (Å²) in [7, 11) is -3.67. The third-order valence-electron chi connectivity index (χ3n) is 1.16. The van der Waals surface area contributed by atoms with Crippen molar-refractivity contribution in [3.05, 3.63) is 16.1 Å². The second kappa shape index (κ2) is 5.40. The van der Waals surface area contributed by atoms with Crippen LogP contribution in [0.15, 0.2) is 5.51 Å². The van der Waals surface area contributed by atoms with Gasteiger partial charge in [-0.05, 0) is 13.8 Å². The van der Waals surface area contributed by atoms with Crippen LogP contribution in [0, 0.1) is 6.92 Å². The molecule has 1 unspecified atom stereocenters. The van der Waals surface area contributed by atoms with Crippen molar-refractivity contribution < 1.29 is 18.1 Å². The van der Waals surface area contributed by atoms with Crippen LogP contribution in [0.5, 0.6) is 0 Å². The Balaban J connectivity index is 0.000000292. The Hall–Kier alpha value is -0.500. The van der Waals surface area contributed by atoms with Crippen LogP contribution in [-0.2, 0) is 10.1 Å². The molecule has 1 aromatic rings. The highest BCUT2D eigenvalue weighted by Gasteiger charge is 2.05. The number of aryl methyl sites for hydroxylation is 1. The summed E-state index contributed by atoms with van der Waals surface area (Å²) in [5.74, 6) is 0. The molecule has 0 saturated heterocycles. The van der Waals surface area contributed by atoms with Gasteiger partial charge in [-0.15, -0.1) is 11.3 Å². The van der Waals surface area contributed by atoms with Crippen LogP contribution in [0.2, 0.25) is 0 Å². The van der Waals surface area contributed by atoms with Crippen LogP contribution in [0.1, 0.15) is 23.6 Å². The fourth-order valence-electron chi connectivity index (χ4n) is 0.712. The van der Waals surface area contributed by atoms with Crippen molar-refractivity contribution in [2.45, 2.75) is 20.0 Å². The molecule has 1 aromatic heterocycles. The fraction of sp³-hybridized carbons (Fsp3) is 0.571. The molecule has 0 fully saturated rings. The monoisotopic (exact) mass is 239 g/mol. The van der Waals surface area contributed by atoms with Gasteiger partial charge in [0.15, 0.2) is 0 Å². The van der Waals surface area contributed by atoms with Gasteiger partial charge in [0, 0.05) is 0 Å². The highest BCUT2D eigenvalue weighted by Crippen LogP contribution is 2.19. The zero-order chi connectivity index (χ0) is 11.4. The standard InChI is InChI=1S/C6H9NOS.CH4O3S/c1-4-6(5(2)8)9-3-7-4;1-5(2,3)4/h3,5,8H,1-2H3;1H3,(H,2,3,4). The van der Waals surface area contributed by atoms with Crippen LogP contribution < -0.4 is 0 Å². The SMILES string of the molecule is CS(=O)(=O)O.Cc1ncsc1C(C)O. The quantitative estimate of drug-likeness (QED) is 0.714. The van der Waals surface area contributed by atoms with E-state index in [0.29, 0.717) is 6.26 Å². The van der Waals surface area contributed by atoms with Crippen LogP contribution >= 0.6 is 11.3 Å². The molecule has 0 aliphatic heterocycles. The Morgan fingerprint density at radius 3 is 2.14 bits per heavy atom. The van der Waals surface area contributed by atoms with Gasteiger partial charge in [-0.25, -0.2) is 4.98 Å². The van der Waals surface area contributed by atoms with Crippen LogP contribution in [0.25, 0.3) is 0 Å². The van der Waals surface area contributed by atoms with Gasteiger partial charge < -0.3 is 5.11 Å². The van der Waals surface area contributed by atoms with Gasteiger partial charge in [0.25, 0.3) is 10.1 Å². The molecular formula is C7H13NO4S2. The maximum atomic E-state index is 9.19. The molecule has 7 heteroatoms. The molecule has 0 radical (unpaired) electrons. The van der Waals surface area contributed by atoms with Gasteiger partial charge in [0.2, 0.25) is 0 Å². The average molecular weight is 239 g/mol. The number of thiazole rings is 1. The van der Waals surface area contributed by atoms with Gasteiger partial charge in [-0.1, -0.05) is 0 Å². The first-order valence-corrected chi connectivity index (χ1v) is 6.45. The lowest BCUT2D eigenvalue weighted by atomic mass is 10.3. The number of hydrogen-bond donors (Lipinski definition) is 2. The largest absolute Gasteiger partial charge is 0.388 e. The van der Waals surface area contributed by atoms with Crippen LogP contribution in [-0.4, -0.2) is 29.3 Å². The number of aliphatic hydroxyl groups is 1. The Bertz CT molecular complexity index is 361. The number of aromatic nitrogens is 1. The number of aliphatic hydroxyl groups excluding tert-OH is 1. The third-order valence-corrected chi connectivity index (χ3v) is 2.26. The molecule has 0 bridgehead atoms. The molecule has 0 spiro atoms. The first-order chi connectivity index (χ1) is 6.22. The first kappa shape index (κ1) is 13.5. The van der Waals surface area contributed by atoms with E-state index in [-0.39, 0.29) is 6.10 Å². The van der Waals surface area contributed by atoms with Crippen molar-refractivity contribution >= 4 is 21.5 Å². The summed E-state index contributed by atoms with van der Waals surface area (Å²) in [6.07, 6.45) is 0.352. The van der Waals surface area contributed by atoms with Gasteiger partial charge >= 0.3 is 0 Å². The molecular weight excluding hydrogens is 226 g/mol. The smallest absolute Gasteiger partial charge is 0.261 e. The fourth-order valence-corrected chi connectivity index (χ4v) is 1.46. The van der Waals surface area contributed by atoms with Gasteiger partial charge in [-0.2, -0.15) is 8.42 Å². The minimum Gasteiger partial charge on any atom is -0.388 e. The molecule has 0 aliphatic carbocycles. The summed E-state index contributed by atoms with van der Waals surface area (Å²) >= 11 is 1.50. The van der Waals surface area contributed by atoms with Crippen molar-refractivity contribution in [3.63, 3.8) is 0 Å². The van der Waals surface area contributed by atoms with Crippen LogP contribution in [0.3, 0.4) is 0 Å². The van der Waals surface area contributed by atoms with E-state index in [0.717, 1.165) is 10.6 Å². The maximum absolute atomic E-state index is 9.19. The van der Waals surface area contributed by atoms with E-state index < -0.39 is 10.1 Å². The molecule has 82 valence electrons. The first-order valence-electron chi connectivity index (χ1n) is 3.72. The van der Waals surface area contributed by atoms with Gasteiger partial charge in [0.1, 0.15) is 0 Å². The van der Waals surface area contributed by atoms with Gasteiger partial charge in [0.05, 0.1) is 28.4 Å². The van der Waals surface area contributed by atoms with E-state index in [2.05, 4.69) is 4.98 Å². The van der Waals surface area contributed by atoms with Crippen molar-refractivity contribution in [2.24, 2.45) is 0 Å². The maximum Gasteiger partial charge on any atom is 0.261 e. The van der Waals surface area contributed by atoms with E-state index in [1.807, 2.05) is 6.92 Å². The summed E-state index contributed by atoms with van der Waals surface area (Å²) in [6, 6.07) is 0. The summed E-state index contributed by atoms with van der Waals surface area (Å²) in [5.41, 5.74) is 2.69. The summed E-state index contributed by atoms with van der Waals surface area (Å²) in [4.78, 5) is 4.96. The lowest BCUT2D eigenvalue weighted by Gasteiger charge is -1.98. The van der Waals surface area contributed by atoms with Crippen molar-refractivity contribution in [3.8, 4) is 0 Å². The van der Waals surface area contributed by atoms with E-state index in [1.54, 1.807) is 12.4 Å². The minimum absolute atomic E-state index is 0.363. The highest BCUT2D eigenvalue weighted by atomic mass is 32.2. The molecule has 0 amide bonds. The van der Waals surface area contributed by atoms with Crippen molar-refractivity contribution in [1.29, 1.82) is 0 Å². The zero-order valence-electron chi connectivity index (χ0n) is 8.13. The lowest BCUT2D eigenvalue weighted by molar-refractivity contribution is 0.202. The Kier molecular flexibility index (Phi) is 5.21. The minimum atomic E-state index is -3.67. The van der Waals surface area contributed by atoms with Crippen molar-refractivity contribution in [1.82, 2.24) is 4.98 Å². The summed E-state index contributed by atoms with van der Waals surface area (Å²) < 4.78 is 25.9. The summed E-state index contributed by atoms with van der Waals surface area (Å²) in [6.45, 7) is 3.65. The summed E-state index contributed by atoms with van der Waals surface area (Å²) in [5, 5.41) is 9.06. The molecule has 0 aromatic carbocycles. The topological polar surface area (TPSA) is 87.5 Å². The van der Waals surface area contributed by atoms with Crippen molar-refractivity contribution in [2.75, 3.05) is 6.26 Å². The Labute approximate surface area is 87.2 Å². The lowest BCUT2D eigenvalue weighted by Crippen LogP contribution is -1.88. The second-order valence-electron chi connectivity index (χ2n) is 2.71. The molecule has 1 atom stereocenters. The molecule has 0 aliphatic rings. The highest BCUT2D eigenvalue weighted by molar-refractivity contribution is 7.85. The predicted octanol–water partition coefficient (Wildman–Crippen LogP) is 1.01. The molecule has 2 N–H and O–H groups in total. The normalized spacial score (nSPS) is 12.9. The van der Waals surface area contributed by atoms with E-state index in [9.17, 15) is 8.42 Å². The zero-order valence-corrected chi connectivity index (χ0v) is 9.76. The average Bonchev–Trinajstić information content (AvgIpc) is 2.30. The van der Waals surface area contributed by atoms with E-state index in [1.165, 1.54) is 11.3 Å². The van der Waals surface area contributed by atoms with E-state index in [4.69, 9.17) is 9.66 Å².